The number of carboxylic acid groups (broad SMARTS) is 2. The third-order valence-electron chi connectivity index (χ3n) is 7.56. The summed E-state index contributed by atoms with van der Waals surface area (Å²) in [7, 11) is 0. The quantitative estimate of drug-likeness (QED) is 0.0986. The lowest BCUT2D eigenvalue weighted by atomic mass is 10.2. The standard InChI is InChI=1S/C33H57BrN6.C2H2O4/c1-6-10-20-38(21-11-7-2)24-14-26-40(27-15-25-39(22-12-8-3)23-13-9-4)32-28-29(5)35-33(37-32)36-31-18-16-30(34)17-19-31;3-1(4)2(5)6/h16-19,28H,6-15,20-27H2,1-5H3,(H,35,36,37);(H,3,4)(H,5,6). The number of carbonyl (C=O) groups is 2. The number of halogens is 1. The molecule has 11 heteroatoms. The van der Waals surface area contributed by atoms with Gasteiger partial charge in [0.15, 0.2) is 0 Å². The number of carboxylic acids is 2. The van der Waals surface area contributed by atoms with Gasteiger partial charge in [-0.05, 0) is 109 Å². The zero-order chi connectivity index (χ0) is 34.2. The molecular weight excluding hydrogens is 648 g/mol. The van der Waals surface area contributed by atoms with Crippen LogP contribution in [-0.2, 0) is 9.59 Å². The molecule has 1 aromatic heterocycles. The molecule has 0 atom stereocenters. The van der Waals surface area contributed by atoms with Crippen LogP contribution in [0.1, 0.15) is 97.6 Å². The van der Waals surface area contributed by atoms with Crippen LogP contribution in [0, 0.1) is 6.92 Å². The second kappa shape index (κ2) is 25.3. The van der Waals surface area contributed by atoms with Crippen molar-refractivity contribution in [3.63, 3.8) is 0 Å². The number of aliphatic carboxylic acids is 2. The Bertz CT molecular complexity index is 1050. The molecule has 2 aromatic rings. The number of hydrogen-bond acceptors (Lipinski definition) is 8. The fourth-order valence-electron chi connectivity index (χ4n) is 4.94. The molecular formula is C35H59BrN6O4. The number of aromatic nitrogens is 2. The van der Waals surface area contributed by atoms with E-state index in [1.807, 2.05) is 12.1 Å². The Kier molecular flexibility index (Phi) is 22.7. The molecule has 1 aromatic carbocycles. The summed E-state index contributed by atoms with van der Waals surface area (Å²) < 4.78 is 1.06. The Hall–Kier alpha value is -2.76. The van der Waals surface area contributed by atoms with E-state index in [9.17, 15) is 0 Å². The van der Waals surface area contributed by atoms with Crippen LogP contribution in [-0.4, -0.2) is 94.3 Å². The zero-order valence-electron chi connectivity index (χ0n) is 28.9. The molecule has 46 heavy (non-hydrogen) atoms. The summed E-state index contributed by atoms with van der Waals surface area (Å²) in [6, 6.07) is 10.3. The van der Waals surface area contributed by atoms with Crippen LogP contribution in [0.3, 0.4) is 0 Å². The van der Waals surface area contributed by atoms with Crippen molar-refractivity contribution >= 4 is 45.3 Å². The van der Waals surface area contributed by atoms with Crippen molar-refractivity contribution in [2.75, 3.05) is 62.6 Å². The number of nitrogens with one attached hydrogen (secondary N) is 1. The molecule has 0 spiro atoms. The molecule has 0 saturated carbocycles. The highest BCUT2D eigenvalue weighted by Crippen LogP contribution is 2.21. The Morgan fingerprint density at radius 2 is 1.09 bits per heavy atom. The average Bonchev–Trinajstić information content (AvgIpc) is 3.03. The van der Waals surface area contributed by atoms with E-state index >= 15 is 0 Å². The molecule has 0 fully saturated rings. The fraction of sp³-hybridized carbons (Fsp3) is 0.657. The summed E-state index contributed by atoms with van der Waals surface area (Å²) in [4.78, 5) is 35.8. The third kappa shape index (κ3) is 19.0. The minimum absolute atomic E-state index is 0.669. The van der Waals surface area contributed by atoms with Crippen molar-refractivity contribution in [1.29, 1.82) is 0 Å². The van der Waals surface area contributed by atoms with Gasteiger partial charge in [-0.2, -0.15) is 4.98 Å². The summed E-state index contributed by atoms with van der Waals surface area (Å²) in [6.45, 7) is 20.5. The van der Waals surface area contributed by atoms with Gasteiger partial charge in [-0.1, -0.05) is 69.3 Å². The van der Waals surface area contributed by atoms with E-state index in [1.54, 1.807) is 0 Å². The molecule has 0 unspecified atom stereocenters. The van der Waals surface area contributed by atoms with E-state index in [0.29, 0.717) is 5.95 Å². The smallest absolute Gasteiger partial charge is 0.414 e. The van der Waals surface area contributed by atoms with Gasteiger partial charge in [0.1, 0.15) is 5.82 Å². The molecule has 2 rings (SSSR count). The first-order valence-corrected chi connectivity index (χ1v) is 18.0. The number of aryl methyl sites for hydroxylation is 1. The first-order valence-electron chi connectivity index (χ1n) is 17.2. The molecule has 0 amide bonds. The number of hydrogen-bond donors (Lipinski definition) is 3. The van der Waals surface area contributed by atoms with Crippen LogP contribution >= 0.6 is 15.9 Å². The summed E-state index contributed by atoms with van der Waals surface area (Å²) in [5.74, 6) is -1.94. The van der Waals surface area contributed by atoms with Crippen molar-refractivity contribution in [3.05, 3.63) is 40.5 Å². The third-order valence-corrected chi connectivity index (χ3v) is 8.09. The van der Waals surface area contributed by atoms with Crippen molar-refractivity contribution < 1.29 is 19.8 Å². The summed E-state index contributed by atoms with van der Waals surface area (Å²) in [6.07, 6.45) is 12.5. The minimum Gasteiger partial charge on any atom is -0.473 e. The molecule has 1 heterocycles. The van der Waals surface area contributed by atoms with Gasteiger partial charge in [0, 0.05) is 35.0 Å². The fourth-order valence-corrected chi connectivity index (χ4v) is 5.21. The van der Waals surface area contributed by atoms with Gasteiger partial charge in [0.2, 0.25) is 5.95 Å². The van der Waals surface area contributed by atoms with E-state index in [2.05, 4.69) is 88.8 Å². The number of anilines is 3. The number of unbranched alkanes of at least 4 members (excludes halogenated alkanes) is 4. The monoisotopic (exact) mass is 706 g/mol. The maximum absolute atomic E-state index is 9.10. The van der Waals surface area contributed by atoms with Gasteiger partial charge >= 0.3 is 11.9 Å². The van der Waals surface area contributed by atoms with Crippen LogP contribution in [0.4, 0.5) is 17.5 Å². The Morgan fingerprint density at radius 1 is 0.674 bits per heavy atom. The molecule has 0 aliphatic carbocycles. The predicted octanol–water partition coefficient (Wildman–Crippen LogP) is 7.84. The van der Waals surface area contributed by atoms with Crippen molar-refractivity contribution in [2.45, 2.75) is 98.8 Å². The maximum atomic E-state index is 9.10. The highest BCUT2D eigenvalue weighted by molar-refractivity contribution is 9.10. The molecule has 10 nitrogen and oxygen atoms in total. The second-order valence-corrected chi connectivity index (χ2v) is 12.6. The summed E-state index contributed by atoms with van der Waals surface area (Å²) in [5.41, 5.74) is 1.99. The Morgan fingerprint density at radius 3 is 1.48 bits per heavy atom. The van der Waals surface area contributed by atoms with Crippen LogP contribution in [0.5, 0.6) is 0 Å². The topological polar surface area (TPSA) is 122 Å². The normalized spacial score (nSPS) is 11.0. The van der Waals surface area contributed by atoms with Gasteiger partial charge in [-0.15, -0.1) is 0 Å². The SMILES string of the molecule is CCCCN(CCCC)CCCN(CCCN(CCCC)CCCC)c1cc(C)nc(Nc2ccc(Br)cc2)n1.O=C(O)C(=O)O. The van der Waals surface area contributed by atoms with Gasteiger partial charge in [-0.25, -0.2) is 14.6 Å². The first-order chi connectivity index (χ1) is 22.1. The van der Waals surface area contributed by atoms with E-state index in [0.717, 1.165) is 60.7 Å². The minimum atomic E-state index is -1.82. The Balaban J connectivity index is 0.00000160. The van der Waals surface area contributed by atoms with Gasteiger partial charge in [0.05, 0.1) is 0 Å². The summed E-state index contributed by atoms with van der Waals surface area (Å²) >= 11 is 3.52. The highest BCUT2D eigenvalue weighted by atomic mass is 79.9. The lowest BCUT2D eigenvalue weighted by Crippen LogP contribution is -2.34. The molecule has 0 saturated heterocycles. The van der Waals surface area contributed by atoms with Crippen LogP contribution in [0.2, 0.25) is 0 Å². The second-order valence-electron chi connectivity index (χ2n) is 11.7. The maximum Gasteiger partial charge on any atom is 0.414 e. The van der Waals surface area contributed by atoms with Gasteiger partial charge < -0.3 is 30.2 Å². The molecule has 0 aliphatic heterocycles. The highest BCUT2D eigenvalue weighted by Gasteiger charge is 2.14. The van der Waals surface area contributed by atoms with Crippen molar-refractivity contribution in [3.8, 4) is 0 Å². The average molecular weight is 708 g/mol. The number of nitrogens with zero attached hydrogens (tertiary/aromatic N) is 5. The first kappa shape index (κ1) is 41.3. The van der Waals surface area contributed by atoms with E-state index in [1.165, 1.54) is 77.5 Å². The number of benzene rings is 1. The van der Waals surface area contributed by atoms with E-state index < -0.39 is 11.9 Å². The largest absolute Gasteiger partial charge is 0.473 e. The van der Waals surface area contributed by atoms with Crippen molar-refractivity contribution in [1.82, 2.24) is 19.8 Å². The van der Waals surface area contributed by atoms with Crippen LogP contribution < -0.4 is 10.2 Å². The molecule has 0 radical (unpaired) electrons. The lowest BCUT2D eigenvalue weighted by molar-refractivity contribution is -0.159. The molecule has 3 N–H and O–H groups in total. The molecule has 260 valence electrons. The van der Waals surface area contributed by atoms with Gasteiger partial charge in [-0.3, -0.25) is 0 Å². The zero-order valence-corrected chi connectivity index (χ0v) is 30.5. The molecule has 0 bridgehead atoms. The molecule has 0 aliphatic rings. The van der Waals surface area contributed by atoms with Crippen molar-refractivity contribution in [2.24, 2.45) is 0 Å². The predicted molar refractivity (Wildman–Crippen MR) is 193 cm³/mol. The lowest BCUT2D eigenvalue weighted by Gasteiger charge is -2.28. The van der Waals surface area contributed by atoms with Gasteiger partial charge in [0.25, 0.3) is 0 Å². The Labute approximate surface area is 286 Å². The summed E-state index contributed by atoms with van der Waals surface area (Å²) in [5, 5.41) is 18.2. The number of rotatable bonds is 23. The van der Waals surface area contributed by atoms with Crippen LogP contribution in [0.25, 0.3) is 0 Å². The van der Waals surface area contributed by atoms with E-state index in [-0.39, 0.29) is 0 Å². The van der Waals surface area contributed by atoms with E-state index in [4.69, 9.17) is 29.8 Å². The van der Waals surface area contributed by atoms with Crippen LogP contribution in [0.15, 0.2) is 34.8 Å².